The minimum Gasteiger partial charge on any atom is -0.395 e. The standard InChI is InChI=1S/C19H14F4N2O3/c20-15-6-3-12(9-14(15)19(21,22)23)11-1-4-13(5-2-11)24-16-10-17(27)25(7-8-26)18(16)28/h1-6,9-10,24,26H,7-8H2. The highest BCUT2D eigenvalue weighted by Gasteiger charge is 2.34. The monoisotopic (exact) mass is 394 g/mol. The largest absolute Gasteiger partial charge is 0.419 e. The minimum atomic E-state index is -4.80. The van der Waals surface area contributed by atoms with Crippen molar-refractivity contribution in [3.63, 3.8) is 0 Å². The molecule has 3 rings (SSSR count). The van der Waals surface area contributed by atoms with Crippen molar-refractivity contribution in [1.29, 1.82) is 0 Å². The topological polar surface area (TPSA) is 69.6 Å². The number of carbonyl (C=O) groups excluding carboxylic acids is 2. The first-order valence-electron chi connectivity index (χ1n) is 8.13. The molecule has 1 aliphatic rings. The number of amides is 2. The summed E-state index contributed by atoms with van der Waals surface area (Å²) in [5.74, 6) is -2.49. The van der Waals surface area contributed by atoms with Crippen LogP contribution in [0.3, 0.4) is 0 Å². The fraction of sp³-hybridized carbons (Fsp3) is 0.158. The Morgan fingerprint density at radius 3 is 2.25 bits per heavy atom. The molecule has 0 saturated carbocycles. The van der Waals surface area contributed by atoms with Gasteiger partial charge in [-0.05, 0) is 35.4 Å². The number of imide groups is 1. The van der Waals surface area contributed by atoms with Gasteiger partial charge < -0.3 is 10.4 Å². The summed E-state index contributed by atoms with van der Waals surface area (Å²) in [5, 5.41) is 11.6. The van der Waals surface area contributed by atoms with E-state index in [-0.39, 0.29) is 24.4 Å². The third kappa shape index (κ3) is 3.89. The average molecular weight is 394 g/mol. The number of carbonyl (C=O) groups is 2. The van der Waals surface area contributed by atoms with E-state index < -0.39 is 29.4 Å². The first kappa shape index (κ1) is 19.6. The predicted octanol–water partition coefficient (Wildman–Crippen LogP) is 3.17. The van der Waals surface area contributed by atoms with Crippen LogP contribution in [-0.2, 0) is 15.8 Å². The second kappa shape index (κ2) is 7.43. The summed E-state index contributed by atoms with van der Waals surface area (Å²) >= 11 is 0. The molecule has 146 valence electrons. The maximum Gasteiger partial charge on any atom is 0.419 e. The summed E-state index contributed by atoms with van der Waals surface area (Å²) in [4.78, 5) is 24.7. The lowest BCUT2D eigenvalue weighted by atomic mass is 10.0. The van der Waals surface area contributed by atoms with Crippen molar-refractivity contribution >= 4 is 17.5 Å². The normalized spacial score (nSPS) is 14.5. The molecule has 2 aromatic rings. The number of benzene rings is 2. The number of alkyl halides is 3. The SMILES string of the molecule is O=C1C=C(Nc2ccc(-c3ccc(F)c(C(F)(F)F)c3)cc2)C(=O)N1CCO. The van der Waals surface area contributed by atoms with Crippen LogP contribution in [0.2, 0.25) is 0 Å². The van der Waals surface area contributed by atoms with Gasteiger partial charge in [0, 0.05) is 11.8 Å². The van der Waals surface area contributed by atoms with Crippen LogP contribution in [0.1, 0.15) is 5.56 Å². The fourth-order valence-corrected chi connectivity index (χ4v) is 2.73. The van der Waals surface area contributed by atoms with Crippen LogP contribution in [0.25, 0.3) is 11.1 Å². The Hall–Kier alpha value is -3.20. The maximum absolute atomic E-state index is 13.4. The zero-order valence-corrected chi connectivity index (χ0v) is 14.3. The number of hydrogen-bond donors (Lipinski definition) is 2. The number of aliphatic hydroxyl groups excluding tert-OH is 1. The second-order valence-corrected chi connectivity index (χ2v) is 5.97. The van der Waals surface area contributed by atoms with Crippen molar-refractivity contribution in [3.8, 4) is 11.1 Å². The Balaban J connectivity index is 1.79. The molecule has 5 nitrogen and oxygen atoms in total. The number of nitrogens with one attached hydrogen (secondary N) is 1. The Labute approximate surface area is 156 Å². The molecule has 0 bridgehead atoms. The molecule has 1 aliphatic heterocycles. The van der Waals surface area contributed by atoms with E-state index in [9.17, 15) is 27.2 Å². The molecule has 0 aliphatic carbocycles. The van der Waals surface area contributed by atoms with Gasteiger partial charge in [0.1, 0.15) is 11.5 Å². The lowest BCUT2D eigenvalue weighted by molar-refractivity contribution is -0.140. The highest BCUT2D eigenvalue weighted by molar-refractivity contribution is 6.17. The highest BCUT2D eigenvalue weighted by Crippen LogP contribution is 2.34. The van der Waals surface area contributed by atoms with Crippen LogP contribution in [0, 0.1) is 5.82 Å². The Bertz CT molecular complexity index is 953. The van der Waals surface area contributed by atoms with Crippen molar-refractivity contribution in [2.45, 2.75) is 6.18 Å². The minimum absolute atomic E-state index is 0.0207. The predicted molar refractivity (Wildman–Crippen MR) is 92.3 cm³/mol. The molecule has 2 N–H and O–H groups in total. The highest BCUT2D eigenvalue weighted by atomic mass is 19.4. The van der Waals surface area contributed by atoms with Gasteiger partial charge in [0.05, 0.1) is 18.7 Å². The third-order valence-electron chi connectivity index (χ3n) is 4.10. The lowest BCUT2D eigenvalue weighted by Crippen LogP contribution is -2.34. The quantitative estimate of drug-likeness (QED) is 0.604. The van der Waals surface area contributed by atoms with Crippen molar-refractivity contribution in [1.82, 2.24) is 4.90 Å². The number of hydrogen-bond acceptors (Lipinski definition) is 4. The van der Waals surface area contributed by atoms with Gasteiger partial charge in [-0.3, -0.25) is 14.5 Å². The summed E-state index contributed by atoms with van der Waals surface area (Å²) in [5.41, 5.74) is -0.301. The molecule has 0 spiro atoms. The molecule has 0 unspecified atom stereocenters. The number of β-amino-alcohol motifs (C(OH)–C–C–N with tert-alkyl or cyclic N) is 1. The third-order valence-corrected chi connectivity index (χ3v) is 4.10. The molecular formula is C19H14F4N2O3. The van der Waals surface area contributed by atoms with E-state index in [1.54, 1.807) is 0 Å². The van der Waals surface area contributed by atoms with E-state index >= 15 is 0 Å². The smallest absolute Gasteiger partial charge is 0.395 e. The Kier molecular flexibility index (Phi) is 5.19. The van der Waals surface area contributed by atoms with Crippen molar-refractivity contribution in [2.75, 3.05) is 18.5 Å². The van der Waals surface area contributed by atoms with Gasteiger partial charge >= 0.3 is 6.18 Å². The molecule has 28 heavy (non-hydrogen) atoms. The van der Waals surface area contributed by atoms with E-state index in [0.717, 1.165) is 23.1 Å². The Morgan fingerprint density at radius 2 is 1.64 bits per heavy atom. The molecule has 0 fully saturated rings. The van der Waals surface area contributed by atoms with E-state index in [4.69, 9.17) is 5.11 Å². The first-order valence-corrected chi connectivity index (χ1v) is 8.13. The van der Waals surface area contributed by atoms with Gasteiger partial charge in [-0.1, -0.05) is 18.2 Å². The molecule has 0 radical (unpaired) electrons. The van der Waals surface area contributed by atoms with Crippen LogP contribution in [0.5, 0.6) is 0 Å². The maximum atomic E-state index is 13.4. The van der Waals surface area contributed by atoms with Gasteiger partial charge in [0.2, 0.25) is 0 Å². The van der Waals surface area contributed by atoms with E-state index in [0.29, 0.717) is 11.3 Å². The summed E-state index contributed by atoms with van der Waals surface area (Å²) in [6.07, 6.45) is -3.70. The molecule has 2 aromatic carbocycles. The first-order chi connectivity index (χ1) is 13.2. The molecular weight excluding hydrogens is 380 g/mol. The molecule has 9 heteroatoms. The van der Waals surface area contributed by atoms with Crippen LogP contribution < -0.4 is 5.32 Å². The van der Waals surface area contributed by atoms with Crippen LogP contribution >= 0.6 is 0 Å². The fourth-order valence-electron chi connectivity index (χ4n) is 2.73. The zero-order chi connectivity index (χ0) is 20.5. The molecule has 2 amide bonds. The lowest BCUT2D eigenvalue weighted by Gasteiger charge is -2.14. The van der Waals surface area contributed by atoms with Gasteiger partial charge in [-0.25, -0.2) is 4.39 Å². The number of rotatable bonds is 5. The molecule has 0 atom stereocenters. The summed E-state index contributed by atoms with van der Waals surface area (Å²) in [6, 6.07) is 8.76. The van der Waals surface area contributed by atoms with Gasteiger partial charge in [-0.2, -0.15) is 13.2 Å². The van der Waals surface area contributed by atoms with Crippen LogP contribution in [0.15, 0.2) is 54.2 Å². The second-order valence-electron chi connectivity index (χ2n) is 5.97. The van der Waals surface area contributed by atoms with E-state index in [2.05, 4.69) is 5.32 Å². The van der Waals surface area contributed by atoms with Gasteiger partial charge in [0.15, 0.2) is 0 Å². The van der Waals surface area contributed by atoms with Crippen molar-refractivity contribution < 1.29 is 32.3 Å². The average Bonchev–Trinajstić information content (AvgIpc) is 2.90. The van der Waals surface area contributed by atoms with E-state index in [1.165, 1.54) is 30.3 Å². The molecule has 0 aromatic heterocycles. The number of anilines is 1. The van der Waals surface area contributed by atoms with Crippen molar-refractivity contribution in [2.24, 2.45) is 0 Å². The van der Waals surface area contributed by atoms with Gasteiger partial charge in [-0.15, -0.1) is 0 Å². The van der Waals surface area contributed by atoms with Gasteiger partial charge in [0.25, 0.3) is 11.8 Å². The van der Waals surface area contributed by atoms with Crippen molar-refractivity contribution in [3.05, 3.63) is 65.6 Å². The summed E-state index contributed by atoms with van der Waals surface area (Å²) in [7, 11) is 0. The summed E-state index contributed by atoms with van der Waals surface area (Å²) in [6.45, 7) is -0.477. The number of aliphatic hydroxyl groups is 1. The molecule has 1 heterocycles. The molecule has 0 saturated heterocycles. The van der Waals surface area contributed by atoms with Crippen LogP contribution in [0.4, 0.5) is 23.2 Å². The van der Waals surface area contributed by atoms with E-state index in [1.807, 2.05) is 0 Å². The zero-order valence-electron chi connectivity index (χ0n) is 14.3. The van der Waals surface area contributed by atoms with Crippen LogP contribution in [-0.4, -0.2) is 35.0 Å². The number of halogens is 4. The number of nitrogens with zero attached hydrogens (tertiary/aromatic N) is 1. The Morgan fingerprint density at radius 1 is 1.00 bits per heavy atom. The summed E-state index contributed by atoms with van der Waals surface area (Å²) < 4.78 is 52.0.